The largest absolute Gasteiger partial charge is 0.496 e. The number of amides is 4. The molecule has 2 saturated carbocycles. The van der Waals surface area contributed by atoms with E-state index in [1.54, 1.807) is 7.11 Å². The van der Waals surface area contributed by atoms with Crippen molar-refractivity contribution in [3.05, 3.63) is 66.7 Å². The van der Waals surface area contributed by atoms with Gasteiger partial charge in [-0.2, -0.15) is 0 Å². The number of hydrogen-bond donors (Lipinski definition) is 3. The first-order valence-electron chi connectivity index (χ1n) is 20.8. The van der Waals surface area contributed by atoms with Crippen LogP contribution in [0.5, 0.6) is 11.5 Å². The average Bonchev–Trinajstić information content (AvgIpc) is 4.13. The van der Waals surface area contributed by atoms with Crippen LogP contribution in [-0.4, -0.2) is 91.4 Å². The molecule has 4 amide bonds. The molecular formula is C45H57N5O9S. The Morgan fingerprint density at radius 3 is 2.47 bits per heavy atom. The van der Waals surface area contributed by atoms with Gasteiger partial charge in [-0.1, -0.05) is 77.4 Å². The van der Waals surface area contributed by atoms with Crippen molar-refractivity contribution in [3.8, 4) is 22.8 Å². The maximum atomic E-state index is 14.8. The van der Waals surface area contributed by atoms with Gasteiger partial charge in [-0.25, -0.2) is 18.2 Å². The number of ether oxygens (including phenoxy) is 3. The summed E-state index contributed by atoms with van der Waals surface area (Å²) in [4.78, 5) is 62.9. The highest BCUT2D eigenvalue weighted by Crippen LogP contribution is 2.46. The lowest BCUT2D eigenvalue weighted by atomic mass is 9.85. The second-order valence-corrected chi connectivity index (χ2v) is 20.6. The highest BCUT2D eigenvalue weighted by molar-refractivity contribution is 7.91. The van der Waals surface area contributed by atoms with Crippen molar-refractivity contribution >= 4 is 44.7 Å². The molecule has 0 spiro atoms. The summed E-state index contributed by atoms with van der Waals surface area (Å²) in [5.74, 6) is -1.37. The summed E-state index contributed by atoms with van der Waals surface area (Å²) < 4.78 is 46.3. The zero-order valence-corrected chi connectivity index (χ0v) is 36.2. The fraction of sp³-hybridized carbons (Fsp3) is 0.533. The van der Waals surface area contributed by atoms with Gasteiger partial charge in [0.2, 0.25) is 21.8 Å². The summed E-state index contributed by atoms with van der Waals surface area (Å²) in [6, 6.07) is 13.2. The molecule has 3 heterocycles. The van der Waals surface area contributed by atoms with Crippen LogP contribution in [0.1, 0.15) is 85.1 Å². The summed E-state index contributed by atoms with van der Waals surface area (Å²) in [7, 11) is -2.29. The Hall–Kier alpha value is -5.18. The van der Waals surface area contributed by atoms with Gasteiger partial charge in [0.25, 0.3) is 5.91 Å². The zero-order valence-electron chi connectivity index (χ0n) is 35.3. The van der Waals surface area contributed by atoms with Gasteiger partial charge in [-0.05, 0) is 61.0 Å². The summed E-state index contributed by atoms with van der Waals surface area (Å²) in [5.41, 5.74) is 0.379. The number of alkyl carbamates (subject to hydrolysis) is 1. The second kappa shape index (κ2) is 16.4. The standard InChI is InChI=1S/C45H57N5O9S/c1-8-29-24-45(29,41(53)49-60(55,56)31-17-18-31)48-39(51)35-21-30-25-50(35)40(52)38(43(2,3)4)47-42(54)58-26-44(5,6)19-13-12-16-28-20-32-34(23-36(28)57-7)46-33(22-37(32)59-30)27-14-10-9-11-15-27/h8-11,14-15,20,22-23,29-31,35,38H,1,12-13,16-19,21,24-26H2,2-7H3,(H,47,54)(H,48,51)(H,49,53)/t29-,30+,35-,38+,45+/m0/s1. The molecule has 14 nitrogen and oxygen atoms in total. The molecule has 3 N–H and O–H groups in total. The lowest BCUT2D eigenvalue weighted by molar-refractivity contribution is -0.142. The van der Waals surface area contributed by atoms with Gasteiger partial charge >= 0.3 is 6.09 Å². The molecule has 0 radical (unpaired) electrons. The molecule has 1 saturated heterocycles. The normalized spacial score (nSPS) is 26.1. The van der Waals surface area contributed by atoms with E-state index < -0.39 is 74.1 Å². The number of carbonyl (C=O) groups excluding carboxylic acids is 4. The number of carbonyl (C=O) groups is 4. The van der Waals surface area contributed by atoms with Crippen LogP contribution >= 0.6 is 0 Å². The van der Waals surface area contributed by atoms with E-state index >= 15 is 0 Å². The maximum Gasteiger partial charge on any atom is 0.407 e. The molecule has 7 rings (SSSR count). The summed E-state index contributed by atoms with van der Waals surface area (Å²) in [6.45, 7) is 13.4. The van der Waals surface area contributed by atoms with Crippen LogP contribution in [0, 0.1) is 16.7 Å². The Morgan fingerprint density at radius 1 is 1.08 bits per heavy atom. The highest BCUT2D eigenvalue weighted by atomic mass is 32.2. The number of benzene rings is 2. The van der Waals surface area contributed by atoms with E-state index in [4.69, 9.17) is 19.2 Å². The summed E-state index contributed by atoms with van der Waals surface area (Å²) >= 11 is 0. The van der Waals surface area contributed by atoms with Crippen molar-refractivity contribution in [2.45, 2.75) is 115 Å². The van der Waals surface area contributed by atoms with Crippen LogP contribution in [0.4, 0.5) is 4.79 Å². The van der Waals surface area contributed by atoms with Gasteiger partial charge in [0.1, 0.15) is 35.2 Å². The number of hydrogen-bond acceptors (Lipinski definition) is 10. The molecule has 2 aliphatic carbocycles. The predicted molar refractivity (Wildman–Crippen MR) is 227 cm³/mol. The molecule has 15 heteroatoms. The van der Waals surface area contributed by atoms with Crippen molar-refractivity contribution in [2.24, 2.45) is 16.7 Å². The minimum Gasteiger partial charge on any atom is -0.496 e. The molecule has 60 heavy (non-hydrogen) atoms. The van der Waals surface area contributed by atoms with Crippen molar-refractivity contribution in [1.29, 1.82) is 0 Å². The molecule has 322 valence electrons. The second-order valence-electron chi connectivity index (χ2n) is 18.6. The number of aromatic nitrogens is 1. The number of rotatable bonds is 8. The van der Waals surface area contributed by atoms with Gasteiger partial charge in [-0.15, -0.1) is 6.58 Å². The Kier molecular flexibility index (Phi) is 11.7. The minimum atomic E-state index is -3.92. The van der Waals surface area contributed by atoms with Crippen LogP contribution in [0.3, 0.4) is 0 Å². The molecule has 3 fully saturated rings. The van der Waals surface area contributed by atoms with E-state index in [1.807, 2.05) is 83.1 Å². The van der Waals surface area contributed by atoms with E-state index in [9.17, 15) is 27.6 Å². The Labute approximate surface area is 352 Å². The quantitative estimate of drug-likeness (QED) is 0.234. The maximum absolute atomic E-state index is 14.8. The fourth-order valence-corrected chi connectivity index (χ4v) is 9.67. The fourth-order valence-electron chi connectivity index (χ4n) is 8.31. The number of sulfonamides is 1. The molecule has 0 unspecified atom stereocenters. The van der Waals surface area contributed by atoms with E-state index in [-0.39, 0.29) is 31.4 Å². The van der Waals surface area contributed by atoms with E-state index in [2.05, 4.69) is 21.9 Å². The lowest BCUT2D eigenvalue weighted by Gasteiger charge is -2.35. The van der Waals surface area contributed by atoms with Gasteiger partial charge in [0.15, 0.2) is 0 Å². The highest BCUT2D eigenvalue weighted by Gasteiger charge is 2.62. The Bertz CT molecular complexity index is 2290. The lowest BCUT2D eigenvalue weighted by Crippen LogP contribution is -2.60. The van der Waals surface area contributed by atoms with Gasteiger partial charge < -0.3 is 29.7 Å². The number of cyclic esters (lactones) is 1. The van der Waals surface area contributed by atoms with E-state index in [1.165, 1.54) is 11.0 Å². The van der Waals surface area contributed by atoms with Gasteiger partial charge in [-0.3, -0.25) is 19.1 Å². The average molecular weight is 844 g/mol. The molecule has 2 aliphatic heterocycles. The van der Waals surface area contributed by atoms with Crippen LogP contribution in [-0.2, 0) is 35.6 Å². The third-order valence-corrected chi connectivity index (χ3v) is 14.0. The number of pyridine rings is 1. The first-order chi connectivity index (χ1) is 28.3. The monoisotopic (exact) mass is 843 g/mol. The Morgan fingerprint density at radius 2 is 1.82 bits per heavy atom. The summed E-state index contributed by atoms with van der Waals surface area (Å²) in [6.07, 6.45) is 4.30. The predicted octanol–water partition coefficient (Wildman–Crippen LogP) is 5.82. The summed E-state index contributed by atoms with van der Waals surface area (Å²) in [5, 5.41) is 5.74. The van der Waals surface area contributed by atoms with Crippen molar-refractivity contribution in [2.75, 3.05) is 20.3 Å². The topological polar surface area (TPSA) is 182 Å². The van der Waals surface area contributed by atoms with Crippen LogP contribution in [0.2, 0.25) is 0 Å². The number of nitrogens with one attached hydrogen (secondary N) is 3. The Balaban J connectivity index is 1.29. The molecule has 2 aromatic carbocycles. The minimum absolute atomic E-state index is 0.0252. The molecule has 3 aromatic rings. The smallest absolute Gasteiger partial charge is 0.407 e. The third kappa shape index (κ3) is 9.10. The van der Waals surface area contributed by atoms with Crippen LogP contribution < -0.4 is 24.8 Å². The van der Waals surface area contributed by atoms with Gasteiger partial charge in [0.05, 0.1) is 36.7 Å². The molecule has 1 aromatic heterocycles. The number of fused-ring (bicyclic) bond motifs is 3. The SMILES string of the molecule is C=C[C@H]1C[C@]1(NC(=O)[C@@H]1C[C@@H]2CN1C(=O)[C@H](C(C)(C)C)NC(=O)OCC(C)(C)CCCCc1cc3c(cc(-c4ccccc4)nc3cc1OC)O2)C(=O)NS(=O)(=O)C1CC1. The van der Waals surface area contributed by atoms with Crippen LogP contribution in [0.25, 0.3) is 22.2 Å². The first kappa shape index (κ1) is 42.9. The number of methoxy groups -OCH3 is 1. The third-order valence-electron chi connectivity index (χ3n) is 12.2. The number of aryl methyl sites for hydroxylation is 1. The number of nitrogens with zero attached hydrogens (tertiary/aromatic N) is 2. The molecule has 4 bridgehead atoms. The van der Waals surface area contributed by atoms with Crippen molar-refractivity contribution in [3.63, 3.8) is 0 Å². The molecule has 4 aliphatic rings. The molecular weight excluding hydrogens is 787 g/mol. The van der Waals surface area contributed by atoms with Crippen molar-refractivity contribution in [1.82, 2.24) is 25.2 Å². The van der Waals surface area contributed by atoms with Crippen LogP contribution in [0.15, 0.2) is 61.2 Å². The zero-order chi connectivity index (χ0) is 43.2. The van der Waals surface area contributed by atoms with Crippen molar-refractivity contribution < 1.29 is 41.8 Å². The van der Waals surface area contributed by atoms with E-state index in [0.717, 1.165) is 35.8 Å². The molecule has 5 atom stereocenters. The van der Waals surface area contributed by atoms with E-state index in [0.29, 0.717) is 42.0 Å². The van der Waals surface area contributed by atoms with Gasteiger partial charge in [0, 0.05) is 35.4 Å². The first-order valence-corrected chi connectivity index (χ1v) is 22.4.